The fourth-order valence-corrected chi connectivity index (χ4v) is 2.82. The summed E-state index contributed by atoms with van der Waals surface area (Å²) in [6.07, 6.45) is 5.73. The topological polar surface area (TPSA) is 93.3 Å². The van der Waals surface area contributed by atoms with Crippen LogP contribution in [0.25, 0.3) is 5.57 Å². The van der Waals surface area contributed by atoms with Gasteiger partial charge in [0.05, 0.1) is 23.5 Å². The van der Waals surface area contributed by atoms with Crippen LogP contribution in [0.3, 0.4) is 0 Å². The van der Waals surface area contributed by atoms with E-state index in [1.54, 1.807) is 12.3 Å². The number of aliphatic hydroxyl groups is 1. The van der Waals surface area contributed by atoms with Crippen molar-refractivity contribution in [1.82, 2.24) is 15.6 Å². The molecule has 6 nitrogen and oxygen atoms in total. The van der Waals surface area contributed by atoms with Gasteiger partial charge in [0.1, 0.15) is 11.6 Å². The lowest BCUT2D eigenvalue weighted by Crippen LogP contribution is -2.40. The highest BCUT2D eigenvalue weighted by Crippen LogP contribution is 2.24. The molecule has 6 heteroatoms. The third kappa shape index (κ3) is 3.25. The predicted molar refractivity (Wildman–Crippen MR) is 87.9 cm³/mol. The SMILES string of the molecule is CC1=CNC(=N[C@H]2CCC[C@@H]2O)N/C1=C(/C#N)c1ccccn1. The first kappa shape index (κ1) is 15.3. The number of aliphatic imine (C=N–C) groups is 1. The molecular weight excluding hydrogens is 290 g/mol. The Morgan fingerprint density at radius 2 is 2.30 bits per heavy atom. The average Bonchev–Trinajstić information content (AvgIpc) is 2.97. The second-order valence-corrected chi connectivity index (χ2v) is 5.72. The van der Waals surface area contributed by atoms with Crippen molar-refractivity contribution in [2.75, 3.05) is 0 Å². The van der Waals surface area contributed by atoms with Crippen LogP contribution in [0, 0.1) is 11.3 Å². The van der Waals surface area contributed by atoms with Gasteiger partial charge in [0.2, 0.25) is 0 Å². The number of aromatic nitrogens is 1. The van der Waals surface area contributed by atoms with E-state index in [1.807, 2.05) is 25.3 Å². The highest BCUT2D eigenvalue weighted by molar-refractivity contribution is 5.91. The molecule has 0 amide bonds. The monoisotopic (exact) mass is 309 g/mol. The zero-order valence-corrected chi connectivity index (χ0v) is 13.0. The van der Waals surface area contributed by atoms with Crippen molar-refractivity contribution in [3.8, 4) is 6.07 Å². The molecule has 1 aromatic rings. The molecule has 0 aromatic carbocycles. The summed E-state index contributed by atoms with van der Waals surface area (Å²) in [7, 11) is 0. The zero-order chi connectivity index (χ0) is 16.2. The Labute approximate surface area is 135 Å². The number of guanidine groups is 1. The van der Waals surface area contributed by atoms with E-state index in [4.69, 9.17) is 0 Å². The fraction of sp³-hybridized carbons (Fsp3) is 0.353. The van der Waals surface area contributed by atoms with Crippen molar-refractivity contribution >= 4 is 11.5 Å². The smallest absolute Gasteiger partial charge is 0.200 e. The minimum atomic E-state index is -0.392. The summed E-state index contributed by atoms with van der Waals surface area (Å²) in [6.45, 7) is 1.91. The first-order chi connectivity index (χ1) is 11.2. The number of nitrogens with zero attached hydrogens (tertiary/aromatic N) is 3. The van der Waals surface area contributed by atoms with Crippen LogP contribution in [-0.2, 0) is 0 Å². The van der Waals surface area contributed by atoms with E-state index in [1.165, 1.54) is 0 Å². The van der Waals surface area contributed by atoms with Crippen molar-refractivity contribution in [1.29, 1.82) is 5.26 Å². The molecule has 1 aliphatic carbocycles. The molecular formula is C17H19N5O. The van der Waals surface area contributed by atoms with Gasteiger partial charge in [-0.1, -0.05) is 6.07 Å². The molecule has 1 fully saturated rings. The Morgan fingerprint density at radius 1 is 1.43 bits per heavy atom. The van der Waals surface area contributed by atoms with Crippen molar-refractivity contribution in [3.63, 3.8) is 0 Å². The molecule has 118 valence electrons. The molecule has 2 heterocycles. The van der Waals surface area contributed by atoms with E-state index in [-0.39, 0.29) is 6.04 Å². The number of hydrogen-bond acceptors (Lipinski definition) is 4. The van der Waals surface area contributed by atoms with Gasteiger partial charge in [0, 0.05) is 12.4 Å². The van der Waals surface area contributed by atoms with Crippen molar-refractivity contribution < 1.29 is 5.11 Å². The lowest BCUT2D eigenvalue weighted by atomic mass is 10.1. The third-order valence-corrected chi connectivity index (χ3v) is 4.08. The molecule has 0 spiro atoms. The molecule has 0 radical (unpaired) electrons. The summed E-state index contributed by atoms with van der Waals surface area (Å²) in [5, 5.41) is 25.7. The second kappa shape index (κ2) is 6.63. The number of hydrogen-bond donors (Lipinski definition) is 3. The van der Waals surface area contributed by atoms with Gasteiger partial charge in [0.25, 0.3) is 0 Å². The van der Waals surface area contributed by atoms with E-state index >= 15 is 0 Å². The van der Waals surface area contributed by atoms with Crippen LogP contribution >= 0.6 is 0 Å². The molecule has 3 N–H and O–H groups in total. The van der Waals surface area contributed by atoms with E-state index < -0.39 is 6.10 Å². The van der Waals surface area contributed by atoms with Gasteiger partial charge in [0.15, 0.2) is 5.96 Å². The van der Waals surface area contributed by atoms with Crippen LogP contribution in [-0.4, -0.2) is 28.2 Å². The fourth-order valence-electron chi connectivity index (χ4n) is 2.82. The number of pyridine rings is 1. The van der Waals surface area contributed by atoms with Crippen LogP contribution in [0.2, 0.25) is 0 Å². The summed E-state index contributed by atoms with van der Waals surface area (Å²) < 4.78 is 0. The number of allylic oxidation sites excluding steroid dienone is 2. The highest BCUT2D eigenvalue weighted by Gasteiger charge is 2.26. The molecule has 2 atom stereocenters. The number of nitrogens with one attached hydrogen (secondary N) is 2. The Bertz CT molecular complexity index is 714. The molecule has 3 rings (SSSR count). The molecule has 0 bridgehead atoms. The summed E-state index contributed by atoms with van der Waals surface area (Å²) in [5.74, 6) is 0.556. The Morgan fingerprint density at radius 3 is 2.96 bits per heavy atom. The minimum absolute atomic E-state index is 0.0987. The molecule has 23 heavy (non-hydrogen) atoms. The van der Waals surface area contributed by atoms with E-state index in [2.05, 4.69) is 26.7 Å². The number of nitriles is 1. The Balaban J connectivity index is 1.94. The summed E-state index contributed by atoms with van der Waals surface area (Å²) in [5.41, 5.74) is 2.68. The van der Waals surface area contributed by atoms with Gasteiger partial charge in [-0.3, -0.25) is 4.98 Å². The quantitative estimate of drug-likeness (QED) is 0.723. The normalized spacial score (nSPS) is 27.7. The first-order valence-corrected chi connectivity index (χ1v) is 7.71. The Kier molecular flexibility index (Phi) is 4.40. The lowest BCUT2D eigenvalue weighted by Gasteiger charge is -2.22. The lowest BCUT2D eigenvalue weighted by molar-refractivity contribution is 0.166. The Hall–Kier alpha value is -2.65. The number of rotatable bonds is 2. The van der Waals surface area contributed by atoms with E-state index in [9.17, 15) is 10.4 Å². The van der Waals surface area contributed by atoms with Gasteiger partial charge in [-0.05, 0) is 43.9 Å². The van der Waals surface area contributed by atoms with Crippen LogP contribution in [0.5, 0.6) is 0 Å². The van der Waals surface area contributed by atoms with Gasteiger partial charge in [-0.15, -0.1) is 0 Å². The van der Waals surface area contributed by atoms with E-state index in [0.717, 1.165) is 24.8 Å². The van der Waals surface area contributed by atoms with Gasteiger partial charge < -0.3 is 15.7 Å². The average molecular weight is 309 g/mol. The van der Waals surface area contributed by atoms with Gasteiger partial charge in [-0.2, -0.15) is 5.26 Å². The summed E-state index contributed by atoms with van der Waals surface area (Å²) >= 11 is 0. The molecule has 2 aliphatic rings. The zero-order valence-electron chi connectivity index (χ0n) is 13.0. The standard InChI is InChI=1S/C17H19N5O/c1-11-10-20-17(21-14-6-4-7-15(14)23)22-16(11)12(9-18)13-5-2-3-8-19-13/h2-3,5,8,10,14-15,23H,4,6-7H2,1H3,(H2,20,21,22)/b16-12-/t14-,15-/m0/s1. The van der Waals surface area contributed by atoms with Crippen molar-refractivity contribution in [2.45, 2.75) is 38.3 Å². The molecule has 0 unspecified atom stereocenters. The largest absolute Gasteiger partial charge is 0.391 e. The predicted octanol–water partition coefficient (Wildman–Crippen LogP) is 1.68. The van der Waals surface area contributed by atoms with Crippen LogP contribution in [0.1, 0.15) is 31.9 Å². The van der Waals surface area contributed by atoms with Crippen molar-refractivity contribution in [2.24, 2.45) is 4.99 Å². The summed E-state index contributed by atoms with van der Waals surface area (Å²) in [4.78, 5) is 8.80. The van der Waals surface area contributed by atoms with Crippen molar-refractivity contribution in [3.05, 3.63) is 47.6 Å². The highest BCUT2D eigenvalue weighted by atomic mass is 16.3. The van der Waals surface area contributed by atoms with E-state index in [0.29, 0.717) is 22.9 Å². The molecule has 1 saturated carbocycles. The summed E-state index contributed by atoms with van der Waals surface area (Å²) in [6, 6.07) is 7.60. The number of aliphatic hydroxyl groups excluding tert-OH is 1. The van der Waals surface area contributed by atoms with Gasteiger partial charge >= 0.3 is 0 Å². The maximum Gasteiger partial charge on any atom is 0.200 e. The van der Waals surface area contributed by atoms with Crippen LogP contribution in [0.15, 0.2) is 46.9 Å². The van der Waals surface area contributed by atoms with Crippen LogP contribution < -0.4 is 10.6 Å². The molecule has 1 aliphatic heterocycles. The van der Waals surface area contributed by atoms with Gasteiger partial charge in [-0.25, -0.2) is 4.99 Å². The third-order valence-electron chi connectivity index (χ3n) is 4.08. The second-order valence-electron chi connectivity index (χ2n) is 5.72. The maximum atomic E-state index is 9.92. The maximum absolute atomic E-state index is 9.92. The molecule has 1 aromatic heterocycles. The minimum Gasteiger partial charge on any atom is -0.391 e. The van der Waals surface area contributed by atoms with Crippen LogP contribution in [0.4, 0.5) is 0 Å². The molecule has 0 saturated heterocycles. The first-order valence-electron chi connectivity index (χ1n) is 7.71.